The van der Waals surface area contributed by atoms with Gasteiger partial charge in [-0.2, -0.15) is 10.2 Å². The highest BCUT2D eigenvalue weighted by Gasteiger charge is 2.25. The molecule has 110 valence electrons. The Hall–Kier alpha value is -1.86. The molecule has 0 fully saturated rings. The number of aromatic nitrogens is 4. The van der Waals surface area contributed by atoms with Crippen molar-refractivity contribution in [3.8, 4) is 5.75 Å². The molecule has 1 unspecified atom stereocenters. The van der Waals surface area contributed by atoms with Gasteiger partial charge in [-0.1, -0.05) is 6.92 Å². The minimum absolute atomic E-state index is 0.201. The average molecular weight is 278 g/mol. The molecule has 0 radical (unpaired) electrons. The van der Waals surface area contributed by atoms with Crippen LogP contribution in [0.3, 0.4) is 0 Å². The SMILES string of the molecule is CCCn1ncc(OC)c1C(NN)c1cn(C)nc1C. The summed E-state index contributed by atoms with van der Waals surface area (Å²) in [6.07, 6.45) is 4.67. The molecule has 7 heteroatoms. The number of hydrogen-bond donors (Lipinski definition) is 2. The predicted molar refractivity (Wildman–Crippen MR) is 76.2 cm³/mol. The van der Waals surface area contributed by atoms with E-state index in [2.05, 4.69) is 22.5 Å². The van der Waals surface area contributed by atoms with Gasteiger partial charge in [0.1, 0.15) is 5.69 Å². The van der Waals surface area contributed by atoms with Crippen molar-refractivity contribution in [2.24, 2.45) is 12.9 Å². The molecule has 7 nitrogen and oxygen atoms in total. The second-order valence-corrected chi connectivity index (χ2v) is 4.76. The van der Waals surface area contributed by atoms with Crippen LogP contribution in [0, 0.1) is 6.92 Å². The van der Waals surface area contributed by atoms with Crippen LogP contribution < -0.4 is 16.0 Å². The number of nitrogens with zero attached hydrogens (tertiary/aromatic N) is 4. The summed E-state index contributed by atoms with van der Waals surface area (Å²) in [4.78, 5) is 0. The third-order valence-electron chi connectivity index (χ3n) is 3.30. The fourth-order valence-electron chi connectivity index (χ4n) is 2.43. The first-order chi connectivity index (χ1) is 9.62. The fraction of sp³-hybridized carbons (Fsp3) is 0.538. The molecule has 2 aromatic rings. The molecule has 0 saturated carbocycles. The minimum Gasteiger partial charge on any atom is -0.493 e. The summed E-state index contributed by atoms with van der Waals surface area (Å²) in [7, 11) is 3.53. The second-order valence-electron chi connectivity index (χ2n) is 4.76. The Labute approximate surface area is 118 Å². The van der Waals surface area contributed by atoms with E-state index in [1.54, 1.807) is 18.0 Å². The highest BCUT2D eigenvalue weighted by molar-refractivity contribution is 5.37. The lowest BCUT2D eigenvalue weighted by molar-refractivity contribution is 0.398. The molecule has 2 rings (SSSR count). The van der Waals surface area contributed by atoms with Crippen LogP contribution in [0.15, 0.2) is 12.4 Å². The summed E-state index contributed by atoms with van der Waals surface area (Å²) in [5, 5.41) is 8.75. The van der Waals surface area contributed by atoms with E-state index in [1.165, 1.54) is 0 Å². The van der Waals surface area contributed by atoms with E-state index in [0.717, 1.165) is 35.7 Å². The summed E-state index contributed by atoms with van der Waals surface area (Å²) in [6.45, 7) is 4.89. The Balaban J connectivity index is 2.50. The van der Waals surface area contributed by atoms with Crippen LogP contribution >= 0.6 is 0 Å². The molecule has 1 atom stereocenters. The third kappa shape index (κ3) is 2.54. The zero-order valence-corrected chi connectivity index (χ0v) is 12.4. The maximum Gasteiger partial charge on any atom is 0.161 e. The van der Waals surface area contributed by atoms with Crippen molar-refractivity contribution in [3.63, 3.8) is 0 Å². The van der Waals surface area contributed by atoms with E-state index in [9.17, 15) is 0 Å². The van der Waals surface area contributed by atoms with Gasteiger partial charge in [0, 0.05) is 25.4 Å². The lowest BCUT2D eigenvalue weighted by atomic mass is 10.0. The van der Waals surface area contributed by atoms with Gasteiger partial charge in [0.15, 0.2) is 5.75 Å². The molecule has 2 heterocycles. The molecule has 0 aromatic carbocycles. The van der Waals surface area contributed by atoms with Gasteiger partial charge in [-0.3, -0.25) is 15.2 Å². The van der Waals surface area contributed by atoms with E-state index >= 15 is 0 Å². The van der Waals surface area contributed by atoms with E-state index in [1.807, 2.05) is 24.9 Å². The zero-order valence-electron chi connectivity index (χ0n) is 12.4. The van der Waals surface area contributed by atoms with Crippen molar-refractivity contribution >= 4 is 0 Å². The van der Waals surface area contributed by atoms with Gasteiger partial charge in [-0.15, -0.1) is 0 Å². The number of rotatable bonds is 6. The van der Waals surface area contributed by atoms with Crippen LogP contribution in [-0.2, 0) is 13.6 Å². The molecule has 0 aliphatic rings. The van der Waals surface area contributed by atoms with Crippen LogP contribution in [0.25, 0.3) is 0 Å². The largest absolute Gasteiger partial charge is 0.493 e. The number of hydrogen-bond acceptors (Lipinski definition) is 5. The maximum atomic E-state index is 5.78. The molecular formula is C13H22N6O. The zero-order chi connectivity index (χ0) is 14.7. The Bertz CT molecular complexity index is 573. The van der Waals surface area contributed by atoms with Crippen LogP contribution in [0.4, 0.5) is 0 Å². The van der Waals surface area contributed by atoms with E-state index in [0.29, 0.717) is 0 Å². The normalized spacial score (nSPS) is 12.7. The lowest BCUT2D eigenvalue weighted by Gasteiger charge is -2.18. The summed E-state index contributed by atoms with van der Waals surface area (Å²) in [5.74, 6) is 6.51. The van der Waals surface area contributed by atoms with Gasteiger partial charge in [-0.25, -0.2) is 5.43 Å². The standard InChI is InChI=1S/C13H22N6O/c1-5-6-19-13(11(20-4)7-15-19)12(16-14)10-8-18(3)17-9(10)2/h7-8,12,16H,5-6,14H2,1-4H3. The Morgan fingerprint density at radius 2 is 2.25 bits per heavy atom. The van der Waals surface area contributed by atoms with E-state index in [4.69, 9.17) is 10.6 Å². The molecule has 0 aliphatic heterocycles. The smallest absolute Gasteiger partial charge is 0.161 e. The van der Waals surface area contributed by atoms with Gasteiger partial charge in [-0.05, 0) is 13.3 Å². The third-order valence-corrected chi connectivity index (χ3v) is 3.30. The van der Waals surface area contributed by atoms with E-state index in [-0.39, 0.29) is 6.04 Å². The Kier molecular flexibility index (Phi) is 4.41. The van der Waals surface area contributed by atoms with Crippen molar-refractivity contribution in [1.29, 1.82) is 0 Å². The Morgan fingerprint density at radius 1 is 1.50 bits per heavy atom. The number of aryl methyl sites for hydroxylation is 3. The molecule has 0 spiro atoms. The number of hydrazine groups is 1. The van der Waals surface area contributed by atoms with Gasteiger partial charge in [0.2, 0.25) is 0 Å². The maximum absolute atomic E-state index is 5.78. The fourth-order valence-corrected chi connectivity index (χ4v) is 2.43. The summed E-state index contributed by atoms with van der Waals surface area (Å²) in [6, 6.07) is -0.201. The molecule has 0 aliphatic carbocycles. The topological polar surface area (TPSA) is 82.9 Å². The monoisotopic (exact) mass is 278 g/mol. The lowest BCUT2D eigenvalue weighted by Crippen LogP contribution is -2.31. The van der Waals surface area contributed by atoms with Crippen LogP contribution in [-0.4, -0.2) is 26.7 Å². The van der Waals surface area contributed by atoms with Crippen LogP contribution in [0.2, 0.25) is 0 Å². The van der Waals surface area contributed by atoms with Gasteiger partial charge in [0.05, 0.1) is 25.0 Å². The first-order valence-corrected chi connectivity index (χ1v) is 6.68. The quantitative estimate of drug-likeness (QED) is 0.606. The van der Waals surface area contributed by atoms with Crippen molar-refractivity contribution < 1.29 is 4.74 Å². The first-order valence-electron chi connectivity index (χ1n) is 6.68. The highest BCUT2D eigenvalue weighted by atomic mass is 16.5. The number of nitrogens with one attached hydrogen (secondary N) is 1. The summed E-state index contributed by atoms with van der Waals surface area (Å²) < 4.78 is 9.12. The van der Waals surface area contributed by atoms with Gasteiger partial charge in [0.25, 0.3) is 0 Å². The molecule has 2 aromatic heterocycles. The predicted octanol–water partition coefficient (Wildman–Crippen LogP) is 0.896. The number of ether oxygens (including phenoxy) is 1. The second kappa shape index (κ2) is 6.06. The number of nitrogens with two attached hydrogens (primary N) is 1. The molecule has 0 bridgehead atoms. The Morgan fingerprint density at radius 3 is 2.75 bits per heavy atom. The van der Waals surface area contributed by atoms with Crippen molar-refractivity contribution in [2.75, 3.05) is 7.11 Å². The van der Waals surface area contributed by atoms with Crippen molar-refractivity contribution in [2.45, 2.75) is 32.9 Å². The van der Waals surface area contributed by atoms with Crippen LogP contribution in [0.1, 0.15) is 36.3 Å². The van der Waals surface area contributed by atoms with Gasteiger partial charge < -0.3 is 4.74 Å². The number of methoxy groups -OCH3 is 1. The summed E-state index contributed by atoms with van der Waals surface area (Å²) in [5.41, 5.74) is 5.73. The molecule has 0 amide bonds. The first kappa shape index (κ1) is 14.5. The van der Waals surface area contributed by atoms with Crippen LogP contribution in [0.5, 0.6) is 5.75 Å². The summed E-state index contributed by atoms with van der Waals surface area (Å²) >= 11 is 0. The average Bonchev–Trinajstić information content (AvgIpc) is 2.96. The van der Waals surface area contributed by atoms with Crippen molar-refractivity contribution in [3.05, 3.63) is 29.3 Å². The molecule has 0 saturated heterocycles. The van der Waals surface area contributed by atoms with Crippen molar-refractivity contribution in [1.82, 2.24) is 25.0 Å². The molecule has 3 N–H and O–H groups in total. The van der Waals surface area contributed by atoms with Gasteiger partial charge >= 0.3 is 0 Å². The molecule has 20 heavy (non-hydrogen) atoms. The minimum atomic E-state index is -0.201. The molecular weight excluding hydrogens is 256 g/mol. The van der Waals surface area contributed by atoms with E-state index < -0.39 is 0 Å². The highest BCUT2D eigenvalue weighted by Crippen LogP contribution is 2.30.